The van der Waals surface area contributed by atoms with E-state index in [4.69, 9.17) is 5.11 Å². The lowest BCUT2D eigenvalue weighted by molar-refractivity contribution is -0.175. The van der Waals surface area contributed by atoms with Crippen LogP contribution < -0.4 is 10.6 Å². The molecule has 0 aliphatic carbocycles. The molecule has 0 bridgehead atoms. The molecular formula is C12H18F3N3O4. The zero-order valence-electron chi connectivity index (χ0n) is 11.6. The first-order valence-electron chi connectivity index (χ1n) is 6.61. The van der Waals surface area contributed by atoms with Crippen molar-refractivity contribution in [1.82, 2.24) is 15.5 Å². The van der Waals surface area contributed by atoms with E-state index in [0.29, 0.717) is 0 Å². The van der Waals surface area contributed by atoms with Crippen molar-refractivity contribution < 1.29 is 33.0 Å². The molecule has 1 heterocycles. The number of aliphatic hydroxyl groups excluding tert-OH is 2. The molecule has 4 N–H and O–H groups in total. The maximum absolute atomic E-state index is 12.4. The fraction of sp³-hybridized carbons (Fsp3) is 0.667. The lowest BCUT2D eigenvalue weighted by Crippen LogP contribution is -2.55. The molecule has 0 radical (unpaired) electrons. The van der Waals surface area contributed by atoms with Crippen LogP contribution in [0, 0.1) is 0 Å². The van der Waals surface area contributed by atoms with Crippen LogP contribution in [0.4, 0.5) is 18.0 Å². The molecule has 2 atom stereocenters. The molecule has 22 heavy (non-hydrogen) atoms. The third-order valence-electron chi connectivity index (χ3n) is 3.02. The fourth-order valence-electron chi connectivity index (χ4n) is 1.85. The summed E-state index contributed by atoms with van der Waals surface area (Å²) in [6, 6.07) is -0.629. The summed E-state index contributed by atoms with van der Waals surface area (Å²) in [5.74, 6) is -2.17. The van der Waals surface area contributed by atoms with Gasteiger partial charge in [0.15, 0.2) is 0 Å². The monoisotopic (exact) mass is 325 g/mol. The summed E-state index contributed by atoms with van der Waals surface area (Å²) < 4.78 is 37.2. The van der Waals surface area contributed by atoms with Crippen LogP contribution in [0.2, 0.25) is 0 Å². The predicted octanol–water partition coefficient (Wildman–Crippen LogP) is -0.294. The zero-order chi connectivity index (χ0) is 16.8. The molecule has 1 rings (SSSR count). The Morgan fingerprint density at radius 3 is 2.68 bits per heavy atom. The molecule has 3 amide bonds. The highest BCUT2D eigenvalue weighted by Crippen LogP contribution is 2.17. The van der Waals surface area contributed by atoms with E-state index in [9.17, 15) is 27.9 Å². The number of hydrogen-bond acceptors (Lipinski definition) is 4. The topological polar surface area (TPSA) is 102 Å². The molecule has 1 aliphatic rings. The van der Waals surface area contributed by atoms with E-state index in [1.807, 2.05) is 0 Å². The molecule has 126 valence electrons. The lowest BCUT2D eigenvalue weighted by atomic mass is 10.1. The minimum absolute atomic E-state index is 0.0177. The van der Waals surface area contributed by atoms with Gasteiger partial charge in [-0.2, -0.15) is 13.2 Å². The summed E-state index contributed by atoms with van der Waals surface area (Å²) in [5.41, 5.74) is 0. The number of nitrogens with zero attached hydrogens (tertiary/aromatic N) is 1. The first-order chi connectivity index (χ1) is 10.3. The number of urea groups is 1. The van der Waals surface area contributed by atoms with Crippen LogP contribution in [0.5, 0.6) is 0 Å². The summed E-state index contributed by atoms with van der Waals surface area (Å²) in [6.07, 6.45) is -4.48. The van der Waals surface area contributed by atoms with E-state index in [-0.39, 0.29) is 25.9 Å². The highest BCUT2D eigenvalue weighted by atomic mass is 19.4. The number of amides is 3. The number of carbonyl (C=O) groups is 2. The summed E-state index contributed by atoms with van der Waals surface area (Å²) >= 11 is 0. The van der Waals surface area contributed by atoms with Gasteiger partial charge in [0.05, 0.1) is 12.7 Å². The van der Waals surface area contributed by atoms with Crippen LogP contribution in [-0.2, 0) is 4.79 Å². The molecule has 7 nitrogen and oxygen atoms in total. The minimum Gasteiger partial charge on any atom is -0.394 e. The summed E-state index contributed by atoms with van der Waals surface area (Å²) in [4.78, 5) is 24.0. The van der Waals surface area contributed by atoms with Gasteiger partial charge in [0.1, 0.15) is 6.17 Å². The van der Waals surface area contributed by atoms with Crippen molar-refractivity contribution in [2.24, 2.45) is 0 Å². The highest BCUT2D eigenvalue weighted by molar-refractivity contribution is 5.83. The molecule has 10 heteroatoms. The Labute approximate surface area is 124 Å². The van der Waals surface area contributed by atoms with Crippen molar-refractivity contribution in [3.63, 3.8) is 0 Å². The van der Waals surface area contributed by atoms with E-state index < -0.39 is 37.0 Å². The van der Waals surface area contributed by atoms with Gasteiger partial charge in [0.2, 0.25) is 0 Å². The van der Waals surface area contributed by atoms with Crippen LogP contribution in [0.25, 0.3) is 0 Å². The van der Waals surface area contributed by atoms with Crippen molar-refractivity contribution in [3.05, 3.63) is 12.2 Å². The molecule has 0 aromatic carbocycles. The van der Waals surface area contributed by atoms with Gasteiger partial charge >= 0.3 is 18.1 Å². The smallest absolute Gasteiger partial charge is 0.394 e. The van der Waals surface area contributed by atoms with Crippen LogP contribution >= 0.6 is 0 Å². The zero-order valence-corrected chi connectivity index (χ0v) is 11.6. The molecule has 0 saturated carbocycles. The van der Waals surface area contributed by atoms with Gasteiger partial charge < -0.3 is 25.7 Å². The van der Waals surface area contributed by atoms with E-state index >= 15 is 0 Å². The van der Waals surface area contributed by atoms with Gasteiger partial charge in [-0.15, -0.1) is 0 Å². The van der Waals surface area contributed by atoms with Gasteiger partial charge in [-0.05, 0) is 12.8 Å². The lowest BCUT2D eigenvalue weighted by Gasteiger charge is -2.31. The third-order valence-corrected chi connectivity index (χ3v) is 3.02. The second-order valence-electron chi connectivity index (χ2n) is 4.71. The average Bonchev–Trinajstić information content (AvgIpc) is 2.66. The van der Waals surface area contributed by atoms with Gasteiger partial charge in [-0.25, -0.2) is 4.79 Å². The number of hydrogen-bond donors (Lipinski definition) is 4. The number of rotatable bonds is 6. The second-order valence-corrected chi connectivity index (χ2v) is 4.71. The first kappa shape index (κ1) is 18.2. The van der Waals surface area contributed by atoms with E-state index in [1.54, 1.807) is 17.5 Å². The minimum atomic E-state index is -5.08. The maximum Gasteiger partial charge on any atom is 0.471 e. The van der Waals surface area contributed by atoms with E-state index in [1.165, 1.54) is 0 Å². The quantitative estimate of drug-likeness (QED) is 0.504. The number of carbonyl (C=O) groups excluding carboxylic acids is 2. The largest absolute Gasteiger partial charge is 0.471 e. The molecule has 0 saturated heterocycles. The van der Waals surface area contributed by atoms with Crippen LogP contribution in [0.3, 0.4) is 0 Å². The Hall–Kier alpha value is -1.81. The Bertz CT molecular complexity index is 428. The predicted molar refractivity (Wildman–Crippen MR) is 69.6 cm³/mol. The standard InChI is InChI=1S/C12H18F3N3O4/c13-12(14,15)10(21)17-9(4-3-8(20)7-19)18-6-2-1-5-16-11(18)22/h1-2,8-9,19-20H,3-7H2,(H,16,22)(H,17,21)/t8-,9+/m0/s1. The normalized spacial score (nSPS) is 18.4. The molecule has 0 unspecified atom stereocenters. The van der Waals surface area contributed by atoms with Crippen molar-refractivity contribution in [3.8, 4) is 0 Å². The summed E-state index contributed by atoms with van der Waals surface area (Å²) in [7, 11) is 0. The molecule has 1 aliphatic heterocycles. The van der Waals surface area contributed by atoms with Gasteiger partial charge in [-0.3, -0.25) is 4.79 Å². The SMILES string of the molecule is O=C1NCC=CCN1[C@H](CC[C@H](O)CO)NC(=O)C(F)(F)F. The third kappa shape index (κ3) is 5.53. The molecule has 0 aromatic heterocycles. The van der Waals surface area contributed by atoms with E-state index in [0.717, 1.165) is 4.90 Å². The summed E-state index contributed by atoms with van der Waals surface area (Å²) in [6.45, 7) is -0.315. The Morgan fingerprint density at radius 1 is 1.41 bits per heavy atom. The molecule has 0 aromatic rings. The number of nitrogens with one attached hydrogen (secondary N) is 2. The number of halogens is 3. The Morgan fingerprint density at radius 2 is 2.09 bits per heavy atom. The first-order valence-corrected chi connectivity index (χ1v) is 6.61. The van der Waals surface area contributed by atoms with Gasteiger partial charge in [0, 0.05) is 13.1 Å². The average molecular weight is 325 g/mol. The molecule has 0 spiro atoms. The van der Waals surface area contributed by atoms with Crippen molar-refractivity contribution >= 4 is 11.9 Å². The maximum atomic E-state index is 12.4. The van der Waals surface area contributed by atoms with Crippen molar-refractivity contribution in [1.29, 1.82) is 0 Å². The van der Waals surface area contributed by atoms with Gasteiger partial charge in [-0.1, -0.05) is 12.2 Å². The van der Waals surface area contributed by atoms with Crippen LogP contribution in [-0.4, -0.2) is 65.2 Å². The summed E-state index contributed by atoms with van der Waals surface area (Å²) in [5, 5.41) is 22.2. The van der Waals surface area contributed by atoms with Crippen LogP contribution in [0.15, 0.2) is 12.2 Å². The van der Waals surface area contributed by atoms with Crippen LogP contribution in [0.1, 0.15) is 12.8 Å². The Kier molecular flexibility index (Phi) is 6.62. The number of aliphatic hydroxyl groups is 2. The number of alkyl halides is 3. The van der Waals surface area contributed by atoms with Crippen molar-refractivity contribution in [2.45, 2.75) is 31.3 Å². The fourth-order valence-corrected chi connectivity index (χ4v) is 1.85. The molecule has 0 fully saturated rings. The highest BCUT2D eigenvalue weighted by Gasteiger charge is 2.41. The van der Waals surface area contributed by atoms with Crippen molar-refractivity contribution in [2.75, 3.05) is 19.7 Å². The van der Waals surface area contributed by atoms with E-state index in [2.05, 4.69) is 5.32 Å². The Balaban J connectivity index is 2.82. The molecular weight excluding hydrogens is 307 g/mol. The second kappa shape index (κ2) is 7.99. The van der Waals surface area contributed by atoms with Gasteiger partial charge in [0.25, 0.3) is 0 Å².